The molecule has 0 saturated carbocycles. The first-order valence-electron chi connectivity index (χ1n) is 5.17. The van der Waals surface area contributed by atoms with Crippen LogP contribution in [0.5, 0.6) is 0 Å². The van der Waals surface area contributed by atoms with Crippen LogP contribution in [0.4, 0.5) is 5.69 Å². The van der Waals surface area contributed by atoms with Gasteiger partial charge in [-0.05, 0) is 40.5 Å². The van der Waals surface area contributed by atoms with Gasteiger partial charge in [0.2, 0.25) is 0 Å². The molecule has 0 unspecified atom stereocenters. The van der Waals surface area contributed by atoms with Crippen molar-refractivity contribution in [3.63, 3.8) is 0 Å². The number of halogens is 1. The molecule has 0 aliphatic rings. The van der Waals surface area contributed by atoms with Crippen LogP contribution in [0.3, 0.4) is 0 Å². The molecule has 0 saturated heterocycles. The number of nitrogens with zero attached hydrogens (tertiary/aromatic N) is 1. The van der Waals surface area contributed by atoms with E-state index in [-0.39, 0.29) is 10.6 Å². The number of thioether (sulfide) groups is 1. The number of nitro benzene ring substituents is 1. The SMILES string of the molecule is Cc1occc1SCc1ccc(Br)c([N+](=O)[O-])c1. The minimum Gasteiger partial charge on any atom is -0.468 e. The van der Waals surface area contributed by atoms with Crippen molar-refractivity contribution in [2.24, 2.45) is 0 Å². The first-order chi connectivity index (χ1) is 8.58. The van der Waals surface area contributed by atoms with Gasteiger partial charge in [0.15, 0.2) is 0 Å². The highest BCUT2D eigenvalue weighted by Gasteiger charge is 2.12. The molecular formula is C12H10BrNO3S. The Hall–Kier alpha value is -1.27. The van der Waals surface area contributed by atoms with E-state index in [9.17, 15) is 10.1 Å². The third kappa shape index (κ3) is 2.94. The highest BCUT2D eigenvalue weighted by Crippen LogP contribution is 2.30. The summed E-state index contributed by atoms with van der Waals surface area (Å²) in [7, 11) is 0. The molecule has 0 amide bonds. The van der Waals surface area contributed by atoms with E-state index in [0.717, 1.165) is 16.2 Å². The Labute approximate surface area is 117 Å². The Morgan fingerprint density at radius 2 is 2.22 bits per heavy atom. The molecular weight excluding hydrogens is 318 g/mol. The molecule has 2 aromatic rings. The minimum absolute atomic E-state index is 0.0945. The van der Waals surface area contributed by atoms with Gasteiger partial charge >= 0.3 is 0 Å². The van der Waals surface area contributed by atoms with Gasteiger partial charge in [0, 0.05) is 16.7 Å². The quantitative estimate of drug-likeness (QED) is 0.469. The summed E-state index contributed by atoms with van der Waals surface area (Å²) < 4.78 is 5.70. The van der Waals surface area contributed by atoms with Crippen LogP contribution in [0, 0.1) is 17.0 Å². The summed E-state index contributed by atoms with van der Waals surface area (Å²) in [6.45, 7) is 1.90. The first-order valence-corrected chi connectivity index (χ1v) is 6.95. The van der Waals surface area contributed by atoms with Crippen molar-refractivity contribution < 1.29 is 9.34 Å². The van der Waals surface area contributed by atoms with E-state index < -0.39 is 0 Å². The second kappa shape index (κ2) is 5.58. The maximum Gasteiger partial charge on any atom is 0.283 e. The molecule has 0 fully saturated rings. The van der Waals surface area contributed by atoms with Crippen LogP contribution in [0.15, 0.2) is 44.3 Å². The molecule has 1 aromatic carbocycles. The Balaban J connectivity index is 2.13. The minimum atomic E-state index is -0.388. The number of hydrogen-bond acceptors (Lipinski definition) is 4. The zero-order chi connectivity index (χ0) is 13.1. The van der Waals surface area contributed by atoms with Gasteiger partial charge in [-0.25, -0.2) is 0 Å². The average Bonchev–Trinajstić information content (AvgIpc) is 2.73. The predicted molar refractivity (Wildman–Crippen MR) is 73.8 cm³/mol. The molecule has 0 atom stereocenters. The van der Waals surface area contributed by atoms with E-state index in [0.29, 0.717) is 10.2 Å². The lowest BCUT2D eigenvalue weighted by Crippen LogP contribution is -1.91. The summed E-state index contributed by atoms with van der Waals surface area (Å²) in [5.74, 6) is 1.54. The number of nitro groups is 1. The zero-order valence-corrected chi connectivity index (χ0v) is 12.0. The fourth-order valence-corrected chi connectivity index (χ4v) is 2.77. The first kappa shape index (κ1) is 13.2. The van der Waals surface area contributed by atoms with Gasteiger partial charge in [-0.3, -0.25) is 10.1 Å². The lowest BCUT2D eigenvalue weighted by atomic mass is 10.2. The lowest BCUT2D eigenvalue weighted by Gasteiger charge is -2.02. The van der Waals surface area contributed by atoms with Gasteiger partial charge < -0.3 is 4.42 Å². The van der Waals surface area contributed by atoms with E-state index in [2.05, 4.69) is 15.9 Å². The zero-order valence-electron chi connectivity index (χ0n) is 9.55. The molecule has 0 aliphatic carbocycles. The average molecular weight is 328 g/mol. The van der Waals surface area contributed by atoms with Crippen LogP contribution >= 0.6 is 27.7 Å². The van der Waals surface area contributed by atoms with Crippen LogP contribution in [0.2, 0.25) is 0 Å². The van der Waals surface area contributed by atoms with Gasteiger partial charge in [0.25, 0.3) is 5.69 Å². The molecule has 0 spiro atoms. The summed E-state index contributed by atoms with van der Waals surface area (Å²) in [5.41, 5.74) is 1.01. The molecule has 18 heavy (non-hydrogen) atoms. The van der Waals surface area contributed by atoms with E-state index in [4.69, 9.17) is 4.42 Å². The Morgan fingerprint density at radius 3 is 2.83 bits per heavy atom. The van der Waals surface area contributed by atoms with Gasteiger partial charge in [-0.15, -0.1) is 11.8 Å². The van der Waals surface area contributed by atoms with Crippen molar-refractivity contribution in [2.45, 2.75) is 17.6 Å². The number of aryl methyl sites for hydroxylation is 1. The van der Waals surface area contributed by atoms with Gasteiger partial charge in [0.1, 0.15) is 5.76 Å². The molecule has 1 aromatic heterocycles. The number of rotatable bonds is 4. The monoisotopic (exact) mass is 327 g/mol. The number of benzene rings is 1. The second-order valence-electron chi connectivity index (χ2n) is 3.67. The second-order valence-corrected chi connectivity index (χ2v) is 5.54. The van der Waals surface area contributed by atoms with Crippen molar-refractivity contribution in [1.29, 1.82) is 0 Å². The predicted octanol–water partition coefficient (Wildman–Crippen LogP) is 4.55. The third-order valence-corrected chi connectivity index (χ3v) is 4.30. The number of hydrogen-bond donors (Lipinski definition) is 0. The van der Waals surface area contributed by atoms with E-state index in [1.165, 1.54) is 0 Å². The maximum absolute atomic E-state index is 10.8. The molecule has 6 heteroatoms. The summed E-state index contributed by atoms with van der Waals surface area (Å²) in [4.78, 5) is 11.5. The Bertz CT molecular complexity index is 582. The number of furan rings is 1. The lowest BCUT2D eigenvalue weighted by molar-refractivity contribution is -0.385. The van der Waals surface area contributed by atoms with Crippen LogP contribution in [-0.2, 0) is 5.75 Å². The summed E-state index contributed by atoms with van der Waals surface area (Å²) >= 11 is 4.77. The Kier molecular flexibility index (Phi) is 4.08. The fourth-order valence-electron chi connectivity index (χ4n) is 1.47. The summed E-state index contributed by atoms with van der Waals surface area (Å²) in [5, 5.41) is 10.8. The standard InChI is InChI=1S/C12H10BrNO3S/c1-8-12(4-5-17-8)18-7-9-2-3-10(13)11(6-9)14(15)16/h2-6H,7H2,1H3. The molecule has 0 N–H and O–H groups in total. The van der Waals surface area contributed by atoms with E-state index in [1.54, 1.807) is 30.2 Å². The largest absolute Gasteiger partial charge is 0.468 e. The normalized spacial score (nSPS) is 10.6. The summed E-state index contributed by atoms with van der Waals surface area (Å²) in [6.07, 6.45) is 1.64. The molecule has 0 bridgehead atoms. The molecule has 4 nitrogen and oxygen atoms in total. The van der Waals surface area contributed by atoms with Gasteiger partial charge in [0.05, 0.1) is 15.7 Å². The fraction of sp³-hybridized carbons (Fsp3) is 0.167. The molecule has 1 heterocycles. The molecule has 2 rings (SSSR count). The van der Waals surface area contributed by atoms with Crippen LogP contribution in [0.25, 0.3) is 0 Å². The highest BCUT2D eigenvalue weighted by molar-refractivity contribution is 9.10. The smallest absolute Gasteiger partial charge is 0.283 e. The third-order valence-electron chi connectivity index (χ3n) is 2.41. The van der Waals surface area contributed by atoms with Crippen molar-refractivity contribution in [2.75, 3.05) is 0 Å². The highest BCUT2D eigenvalue weighted by atomic mass is 79.9. The maximum atomic E-state index is 10.8. The van der Waals surface area contributed by atoms with E-state index >= 15 is 0 Å². The molecule has 0 radical (unpaired) electrons. The van der Waals surface area contributed by atoms with Crippen molar-refractivity contribution in [3.8, 4) is 0 Å². The van der Waals surface area contributed by atoms with Crippen LogP contribution in [0.1, 0.15) is 11.3 Å². The molecule has 0 aliphatic heterocycles. The molecule has 94 valence electrons. The Morgan fingerprint density at radius 1 is 1.44 bits per heavy atom. The van der Waals surface area contributed by atoms with Crippen molar-refractivity contribution >= 4 is 33.4 Å². The van der Waals surface area contributed by atoms with Gasteiger partial charge in [-0.2, -0.15) is 0 Å². The van der Waals surface area contributed by atoms with Crippen molar-refractivity contribution in [1.82, 2.24) is 0 Å². The topological polar surface area (TPSA) is 56.3 Å². The van der Waals surface area contributed by atoms with Crippen molar-refractivity contribution in [3.05, 3.63) is 56.4 Å². The van der Waals surface area contributed by atoms with Crippen LogP contribution < -0.4 is 0 Å². The van der Waals surface area contributed by atoms with Crippen LogP contribution in [-0.4, -0.2) is 4.92 Å². The van der Waals surface area contributed by atoms with Gasteiger partial charge in [-0.1, -0.05) is 6.07 Å². The summed E-state index contributed by atoms with van der Waals surface area (Å²) in [6, 6.07) is 7.07. The van der Waals surface area contributed by atoms with E-state index in [1.807, 2.05) is 19.1 Å².